The summed E-state index contributed by atoms with van der Waals surface area (Å²) in [7, 11) is 0. The van der Waals surface area contributed by atoms with E-state index in [4.69, 9.17) is 10.5 Å². The van der Waals surface area contributed by atoms with Gasteiger partial charge in [-0.05, 0) is 18.2 Å². The van der Waals surface area contributed by atoms with Crippen LogP contribution in [0.4, 0.5) is 5.69 Å². The van der Waals surface area contributed by atoms with Crippen LogP contribution in [0, 0.1) is 22.7 Å². The maximum Gasteiger partial charge on any atom is 0.106 e. The third-order valence-corrected chi connectivity index (χ3v) is 2.19. The fraction of sp³-hybridized carbons (Fsp3) is 0.200. The van der Waals surface area contributed by atoms with Gasteiger partial charge in [-0.1, -0.05) is 22.0 Å². The van der Waals surface area contributed by atoms with Crippen molar-refractivity contribution in [1.29, 1.82) is 10.5 Å². The smallest absolute Gasteiger partial charge is 0.106 e. The van der Waals surface area contributed by atoms with Gasteiger partial charge in [-0.3, -0.25) is 0 Å². The molecule has 0 aliphatic carbocycles. The molecule has 0 heterocycles. The summed E-state index contributed by atoms with van der Waals surface area (Å²) in [6, 6.07) is 11.6. The zero-order valence-electron chi connectivity index (χ0n) is 7.44. The Morgan fingerprint density at radius 3 is 2.36 bits per heavy atom. The van der Waals surface area contributed by atoms with Crippen molar-refractivity contribution in [1.82, 2.24) is 0 Å². The zero-order chi connectivity index (χ0) is 10.4. The summed E-state index contributed by atoms with van der Waals surface area (Å²) < 4.78 is 0.941. The van der Waals surface area contributed by atoms with Gasteiger partial charge in [0.1, 0.15) is 13.1 Å². The van der Waals surface area contributed by atoms with E-state index in [1.54, 1.807) is 4.90 Å². The van der Waals surface area contributed by atoms with Crippen LogP contribution >= 0.6 is 15.9 Å². The molecule has 1 rings (SSSR count). The van der Waals surface area contributed by atoms with Gasteiger partial charge in [0, 0.05) is 10.2 Å². The summed E-state index contributed by atoms with van der Waals surface area (Å²) in [5.41, 5.74) is 0.877. The highest BCUT2D eigenvalue weighted by Gasteiger charge is 2.04. The Balaban J connectivity index is 2.89. The molecule has 14 heavy (non-hydrogen) atoms. The van der Waals surface area contributed by atoms with Crippen molar-refractivity contribution < 1.29 is 0 Å². The Bertz CT molecular complexity index is 373. The van der Waals surface area contributed by atoms with E-state index in [9.17, 15) is 0 Å². The van der Waals surface area contributed by atoms with Crippen LogP contribution in [0.25, 0.3) is 0 Å². The van der Waals surface area contributed by atoms with Crippen LogP contribution < -0.4 is 4.90 Å². The Labute approximate surface area is 91.3 Å². The normalized spacial score (nSPS) is 8.79. The first-order chi connectivity index (χ1) is 6.77. The van der Waals surface area contributed by atoms with Crippen LogP contribution in [0.15, 0.2) is 28.7 Å². The van der Waals surface area contributed by atoms with Gasteiger partial charge in [-0.15, -0.1) is 0 Å². The van der Waals surface area contributed by atoms with E-state index in [1.165, 1.54) is 0 Å². The summed E-state index contributed by atoms with van der Waals surface area (Å²) in [5.74, 6) is 0. The van der Waals surface area contributed by atoms with Crippen molar-refractivity contribution >= 4 is 21.6 Å². The lowest BCUT2D eigenvalue weighted by molar-refractivity contribution is 0.966. The second-order valence-electron chi connectivity index (χ2n) is 2.65. The van der Waals surface area contributed by atoms with Crippen LogP contribution in [0.5, 0.6) is 0 Å². The third-order valence-electron chi connectivity index (χ3n) is 1.70. The molecule has 0 amide bonds. The number of rotatable bonds is 3. The van der Waals surface area contributed by atoms with Crippen molar-refractivity contribution in [2.75, 3.05) is 18.0 Å². The number of nitriles is 2. The average molecular weight is 250 g/mol. The molecule has 0 N–H and O–H groups in total. The molecule has 0 saturated carbocycles. The third kappa shape index (κ3) is 2.76. The molecule has 0 aliphatic rings. The van der Waals surface area contributed by atoms with Crippen LogP contribution in [-0.4, -0.2) is 13.1 Å². The molecule has 0 unspecified atom stereocenters. The molecule has 0 atom stereocenters. The SMILES string of the molecule is N#CCN(CC#N)c1cccc(Br)c1. The number of halogens is 1. The van der Waals surface area contributed by atoms with Gasteiger partial charge < -0.3 is 4.90 Å². The molecule has 0 spiro atoms. The highest BCUT2D eigenvalue weighted by Crippen LogP contribution is 2.19. The van der Waals surface area contributed by atoms with Gasteiger partial charge in [0.05, 0.1) is 12.1 Å². The average Bonchev–Trinajstić information content (AvgIpc) is 2.17. The lowest BCUT2D eigenvalue weighted by atomic mass is 10.3. The van der Waals surface area contributed by atoms with Crippen LogP contribution in [0.3, 0.4) is 0 Å². The molecule has 0 aromatic heterocycles. The van der Waals surface area contributed by atoms with Crippen molar-refractivity contribution in [3.63, 3.8) is 0 Å². The molecule has 70 valence electrons. The zero-order valence-corrected chi connectivity index (χ0v) is 9.03. The number of nitrogens with zero attached hydrogens (tertiary/aromatic N) is 3. The maximum absolute atomic E-state index is 8.58. The first-order valence-electron chi connectivity index (χ1n) is 4.02. The predicted octanol–water partition coefficient (Wildman–Crippen LogP) is 2.30. The highest BCUT2D eigenvalue weighted by atomic mass is 79.9. The Kier molecular flexibility index (Phi) is 3.97. The van der Waals surface area contributed by atoms with Crippen LogP contribution in [-0.2, 0) is 0 Å². The van der Waals surface area contributed by atoms with Gasteiger partial charge in [0.25, 0.3) is 0 Å². The maximum atomic E-state index is 8.58. The van der Waals surface area contributed by atoms with Gasteiger partial charge in [-0.25, -0.2) is 0 Å². The minimum absolute atomic E-state index is 0.226. The Morgan fingerprint density at radius 2 is 1.86 bits per heavy atom. The molecular weight excluding hydrogens is 242 g/mol. The van der Waals surface area contributed by atoms with Crippen molar-refractivity contribution in [3.8, 4) is 12.1 Å². The standard InChI is InChI=1S/C10H8BrN3/c11-9-2-1-3-10(8-9)14(6-4-12)7-5-13/h1-3,8H,6-7H2. The lowest BCUT2D eigenvalue weighted by Crippen LogP contribution is -2.23. The van der Waals surface area contributed by atoms with E-state index in [2.05, 4.69) is 15.9 Å². The van der Waals surface area contributed by atoms with E-state index in [-0.39, 0.29) is 13.1 Å². The number of anilines is 1. The molecule has 0 fully saturated rings. The molecule has 0 bridgehead atoms. The summed E-state index contributed by atoms with van der Waals surface area (Å²) in [6.45, 7) is 0.452. The molecule has 3 nitrogen and oxygen atoms in total. The monoisotopic (exact) mass is 249 g/mol. The van der Waals surface area contributed by atoms with Gasteiger partial charge in [0.15, 0.2) is 0 Å². The van der Waals surface area contributed by atoms with Crippen LogP contribution in [0.2, 0.25) is 0 Å². The molecule has 4 heteroatoms. The van der Waals surface area contributed by atoms with E-state index >= 15 is 0 Å². The first kappa shape index (κ1) is 10.6. The second-order valence-corrected chi connectivity index (χ2v) is 3.57. The minimum Gasteiger partial charge on any atom is -0.345 e. The molecule has 0 saturated heterocycles. The highest BCUT2D eigenvalue weighted by molar-refractivity contribution is 9.10. The molecule has 1 aromatic carbocycles. The lowest BCUT2D eigenvalue weighted by Gasteiger charge is -2.17. The van der Waals surface area contributed by atoms with Crippen molar-refractivity contribution in [2.45, 2.75) is 0 Å². The van der Waals surface area contributed by atoms with Crippen molar-refractivity contribution in [2.24, 2.45) is 0 Å². The van der Waals surface area contributed by atoms with Gasteiger partial charge >= 0.3 is 0 Å². The summed E-state index contributed by atoms with van der Waals surface area (Å²) in [6.07, 6.45) is 0. The fourth-order valence-corrected chi connectivity index (χ4v) is 1.47. The quantitative estimate of drug-likeness (QED) is 0.773. The fourth-order valence-electron chi connectivity index (χ4n) is 1.08. The summed E-state index contributed by atoms with van der Waals surface area (Å²) in [5, 5.41) is 17.2. The number of hydrogen-bond donors (Lipinski definition) is 0. The molecular formula is C10H8BrN3. The topological polar surface area (TPSA) is 50.8 Å². The molecule has 1 aromatic rings. The molecule has 0 radical (unpaired) electrons. The minimum atomic E-state index is 0.226. The van der Waals surface area contributed by atoms with Gasteiger partial charge in [-0.2, -0.15) is 10.5 Å². The second kappa shape index (κ2) is 5.26. The number of hydrogen-bond acceptors (Lipinski definition) is 3. The van der Waals surface area contributed by atoms with Crippen molar-refractivity contribution in [3.05, 3.63) is 28.7 Å². The predicted molar refractivity (Wildman–Crippen MR) is 57.6 cm³/mol. The van der Waals surface area contributed by atoms with E-state index < -0.39 is 0 Å². The summed E-state index contributed by atoms with van der Waals surface area (Å²) in [4.78, 5) is 1.71. The number of benzene rings is 1. The Hall–Kier alpha value is -1.52. The first-order valence-corrected chi connectivity index (χ1v) is 4.81. The van der Waals surface area contributed by atoms with E-state index in [0.717, 1.165) is 10.2 Å². The summed E-state index contributed by atoms with van der Waals surface area (Å²) >= 11 is 3.34. The molecule has 0 aliphatic heterocycles. The Morgan fingerprint density at radius 1 is 1.21 bits per heavy atom. The van der Waals surface area contributed by atoms with Crippen LogP contribution in [0.1, 0.15) is 0 Å². The van der Waals surface area contributed by atoms with E-state index in [0.29, 0.717) is 0 Å². The van der Waals surface area contributed by atoms with E-state index in [1.807, 2.05) is 36.4 Å². The van der Waals surface area contributed by atoms with Gasteiger partial charge in [0.2, 0.25) is 0 Å². The largest absolute Gasteiger partial charge is 0.345 e.